The van der Waals surface area contributed by atoms with Crippen molar-refractivity contribution in [1.82, 2.24) is 9.88 Å². The van der Waals surface area contributed by atoms with Gasteiger partial charge in [0.2, 0.25) is 6.10 Å². The second-order valence-electron chi connectivity index (χ2n) is 5.34. The van der Waals surface area contributed by atoms with E-state index in [1.54, 1.807) is 18.1 Å². The first kappa shape index (κ1) is 16.0. The number of hydrogen-bond acceptors (Lipinski definition) is 5. The van der Waals surface area contributed by atoms with E-state index in [0.29, 0.717) is 24.4 Å². The second kappa shape index (κ2) is 7.10. The minimum Gasteiger partial charge on any atom is -0.382 e. The molecule has 0 fully saturated rings. The summed E-state index contributed by atoms with van der Waals surface area (Å²) in [6.45, 7) is 0.482. The van der Waals surface area contributed by atoms with Gasteiger partial charge in [-0.25, -0.2) is 4.98 Å². The quantitative estimate of drug-likeness (QED) is 0.833. The molecule has 1 amide bonds. The number of carbonyl (C=O) groups excluding carboxylic acids is 1. The Balaban J connectivity index is 1.56. The molecule has 3 rings (SSSR count). The zero-order chi connectivity index (χ0) is 16.2. The van der Waals surface area contributed by atoms with Gasteiger partial charge in [0, 0.05) is 36.5 Å². The standard InChI is InChI=1S/C16H16ClN3O2S/c1-20(10-15-18-6-7-23-15)16(21)14-9-12(19-22-14)8-11-4-2-3-5-13(11)17/h2-7,14H,8-10H2,1H3. The van der Waals surface area contributed by atoms with Gasteiger partial charge < -0.3 is 9.74 Å². The number of benzene rings is 1. The number of thiazole rings is 1. The van der Waals surface area contributed by atoms with Crippen LogP contribution >= 0.6 is 22.9 Å². The van der Waals surface area contributed by atoms with Crippen molar-refractivity contribution in [3.05, 3.63) is 51.4 Å². The highest BCUT2D eigenvalue weighted by molar-refractivity contribution is 7.09. The number of likely N-dealkylation sites (N-methyl/N-ethyl adjacent to an activating group) is 1. The minimum atomic E-state index is -0.558. The van der Waals surface area contributed by atoms with Gasteiger partial charge in [-0.1, -0.05) is 35.0 Å². The largest absolute Gasteiger partial charge is 0.382 e. The van der Waals surface area contributed by atoms with Crippen LogP contribution in [0, 0.1) is 0 Å². The fraction of sp³-hybridized carbons (Fsp3) is 0.312. The van der Waals surface area contributed by atoms with E-state index in [-0.39, 0.29) is 5.91 Å². The highest BCUT2D eigenvalue weighted by atomic mass is 35.5. The molecule has 1 aromatic carbocycles. The molecule has 5 nitrogen and oxygen atoms in total. The Kier molecular flexibility index (Phi) is 4.93. The Morgan fingerprint density at radius 2 is 2.30 bits per heavy atom. The highest BCUT2D eigenvalue weighted by Gasteiger charge is 2.30. The van der Waals surface area contributed by atoms with E-state index in [2.05, 4.69) is 10.1 Å². The summed E-state index contributed by atoms with van der Waals surface area (Å²) in [7, 11) is 1.75. The normalized spacial score (nSPS) is 16.8. The fourth-order valence-corrected chi connectivity index (χ4v) is 3.25. The molecule has 0 bridgehead atoms. The average Bonchev–Trinajstić information content (AvgIpc) is 3.20. The molecule has 1 aliphatic heterocycles. The van der Waals surface area contributed by atoms with Crippen LogP contribution in [-0.4, -0.2) is 34.7 Å². The molecule has 0 aliphatic carbocycles. The monoisotopic (exact) mass is 349 g/mol. The third kappa shape index (κ3) is 3.89. The number of halogens is 1. The van der Waals surface area contributed by atoms with Crippen LogP contribution in [0.2, 0.25) is 5.02 Å². The number of nitrogens with zero attached hydrogens (tertiary/aromatic N) is 3. The van der Waals surface area contributed by atoms with Crippen molar-refractivity contribution >= 4 is 34.6 Å². The Hall–Kier alpha value is -1.92. The molecular formula is C16H16ClN3O2S. The molecule has 1 unspecified atom stereocenters. The molecule has 2 heterocycles. The van der Waals surface area contributed by atoms with Crippen molar-refractivity contribution in [2.45, 2.75) is 25.5 Å². The first-order valence-corrected chi connectivity index (χ1v) is 8.47. The van der Waals surface area contributed by atoms with E-state index in [0.717, 1.165) is 16.3 Å². The molecule has 1 aromatic heterocycles. The van der Waals surface area contributed by atoms with E-state index in [4.69, 9.17) is 16.4 Å². The molecule has 23 heavy (non-hydrogen) atoms. The molecule has 0 saturated carbocycles. The molecule has 0 N–H and O–H groups in total. The summed E-state index contributed by atoms with van der Waals surface area (Å²) < 4.78 is 0. The molecule has 1 aliphatic rings. The van der Waals surface area contributed by atoms with E-state index in [9.17, 15) is 4.79 Å². The van der Waals surface area contributed by atoms with Crippen LogP contribution in [0.3, 0.4) is 0 Å². The average molecular weight is 350 g/mol. The third-order valence-corrected chi connectivity index (χ3v) is 4.72. The summed E-state index contributed by atoms with van der Waals surface area (Å²) >= 11 is 7.68. The van der Waals surface area contributed by atoms with Crippen LogP contribution < -0.4 is 0 Å². The lowest BCUT2D eigenvalue weighted by molar-refractivity contribution is -0.141. The Bertz CT molecular complexity index is 718. The van der Waals surface area contributed by atoms with Crippen LogP contribution in [0.1, 0.15) is 17.0 Å². The maximum Gasteiger partial charge on any atom is 0.267 e. The van der Waals surface area contributed by atoms with Gasteiger partial charge in [-0.05, 0) is 11.6 Å². The number of carbonyl (C=O) groups is 1. The summed E-state index contributed by atoms with van der Waals surface area (Å²) in [5.41, 5.74) is 1.82. The van der Waals surface area contributed by atoms with Crippen LogP contribution in [0.15, 0.2) is 41.0 Å². The zero-order valence-electron chi connectivity index (χ0n) is 12.6. The van der Waals surface area contributed by atoms with Gasteiger partial charge >= 0.3 is 0 Å². The van der Waals surface area contributed by atoms with Crippen molar-refractivity contribution in [1.29, 1.82) is 0 Å². The number of hydrogen-bond donors (Lipinski definition) is 0. The maximum atomic E-state index is 12.4. The topological polar surface area (TPSA) is 54.8 Å². The molecule has 0 saturated heterocycles. The van der Waals surface area contributed by atoms with Crippen molar-refractivity contribution in [3.8, 4) is 0 Å². The van der Waals surface area contributed by atoms with E-state index in [1.165, 1.54) is 11.3 Å². The third-order valence-electron chi connectivity index (χ3n) is 3.59. The molecule has 0 radical (unpaired) electrons. The van der Waals surface area contributed by atoms with Gasteiger partial charge in [-0.2, -0.15) is 0 Å². The molecule has 7 heteroatoms. The predicted molar refractivity (Wildman–Crippen MR) is 90.7 cm³/mol. The second-order valence-corrected chi connectivity index (χ2v) is 6.73. The molecule has 1 atom stereocenters. The number of amides is 1. The minimum absolute atomic E-state index is 0.0851. The smallest absolute Gasteiger partial charge is 0.267 e. The lowest BCUT2D eigenvalue weighted by atomic mass is 10.0. The van der Waals surface area contributed by atoms with Gasteiger partial charge in [0.25, 0.3) is 5.91 Å². The van der Waals surface area contributed by atoms with Crippen molar-refractivity contribution in [2.75, 3.05) is 7.05 Å². The lowest BCUT2D eigenvalue weighted by Crippen LogP contribution is -2.36. The summed E-state index contributed by atoms with van der Waals surface area (Å²) in [4.78, 5) is 23.5. The van der Waals surface area contributed by atoms with Crippen molar-refractivity contribution < 1.29 is 9.63 Å². The van der Waals surface area contributed by atoms with Crippen molar-refractivity contribution in [3.63, 3.8) is 0 Å². The Labute approximate surface area is 143 Å². The molecule has 120 valence electrons. The Morgan fingerprint density at radius 3 is 3.04 bits per heavy atom. The predicted octanol–water partition coefficient (Wildman–Crippen LogP) is 3.14. The maximum absolute atomic E-state index is 12.4. The van der Waals surface area contributed by atoms with Gasteiger partial charge in [0.15, 0.2) is 0 Å². The first-order valence-electron chi connectivity index (χ1n) is 7.22. The number of oxime groups is 1. The van der Waals surface area contributed by atoms with Crippen molar-refractivity contribution in [2.24, 2.45) is 5.16 Å². The highest BCUT2D eigenvalue weighted by Crippen LogP contribution is 2.21. The Morgan fingerprint density at radius 1 is 1.48 bits per heavy atom. The lowest BCUT2D eigenvalue weighted by Gasteiger charge is -2.18. The summed E-state index contributed by atoms with van der Waals surface area (Å²) in [6.07, 6.45) is 2.26. The first-order chi connectivity index (χ1) is 11.1. The van der Waals surface area contributed by atoms with Crippen LogP contribution in [0.25, 0.3) is 0 Å². The molecular weight excluding hydrogens is 334 g/mol. The van der Waals surface area contributed by atoms with E-state index >= 15 is 0 Å². The van der Waals surface area contributed by atoms with E-state index < -0.39 is 6.10 Å². The van der Waals surface area contributed by atoms with Crippen LogP contribution in [0.5, 0.6) is 0 Å². The van der Waals surface area contributed by atoms with Gasteiger partial charge in [0.05, 0.1) is 12.3 Å². The number of rotatable bonds is 5. The summed E-state index contributed by atoms with van der Waals surface area (Å²) in [5.74, 6) is -0.0851. The zero-order valence-corrected chi connectivity index (χ0v) is 14.2. The molecule has 0 spiro atoms. The van der Waals surface area contributed by atoms with Gasteiger partial charge in [0.1, 0.15) is 5.01 Å². The van der Waals surface area contributed by atoms with Crippen LogP contribution in [-0.2, 0) is 22.6 Å². The SMILES string of the molecule is CN(Cc1nccs1)C(=O)C1CC(Cc2ccccc2Cl)=NO1. The summed E-state index contributed by atoms with van der Waals surface area (Å²) in [6, 6.07) is 7.62. The van der Waals surface area contributed by atoms with Crippen LogP contribution in [0.4, 0.5) is 0 Å². The van der Waals surface area contributed by atoms with Gasteiger partial charge in [-0.3, -0.25) is 4.79 Å². The fourth-order valence-electron chi connectivity index (χ4n) is 2.38. The number of aromatic nitrogens is 1. The molecule has 2 aromatic rings. The van der Waals surface area contributed by atoms with E-state index in [1.807, 2.05) is 29.6 Å². The van der Waals surface area contributed by atoms with Gasteiger partial charge in [-0.15, -0.1) is 11.3 Å². The summed E-state index contributed by atoms with van der Waals surface area (Å²) in [5, 5.41) is 7.54.